The average molecular weight is 240 g/mol. The third-order valence-corrected chi connectivity index (χ3v) is 3.59. The summed E-state index contributed by atoms with van der Waals surface area (Å²) < 4.78 is 0. The van der Waals surface area contributed by atoms with E-state index in [4.69, 9.17) is 11.6 Å². The summed E-state index contributed by atoms with van der Waals surface area (Å²) in [5, 5.41) is 0.570. The number of likely N-dealkylation sites (tertiary alicyclic amines) is 1. The molecular weight excluding hydrogens is 222 g/mol. The van der Waals surface area contributed by atoms with Gasteiger partial charge in [0.2, 0.25) is 0 Å². The van der Waals surface area contributed by atoms with Crippen molar-refractivity contribution in [2.24, 2.45) is 5.92 Å². The molecule has 1 aliphatic heterocycles. The maximum atomic E-state index is 6.03. The van der Waals surface area contributed by atoms with Crippen LogP contribution in [-0.2, 0) is 6.42 Å². The molecule has 2 rings (SSSR count). The Hall–Kier alpha value is -0.670. The van der Waals surface area contributed by atoms with E-state index in [0.717, 1.165) is 12.1 Å². The molecule has 0 amide bonds. The van der Waals surface area contributed by atoms with Gasteiger partial charge in [-0.25, -0.2) is 4.98 Å². The molecule has 1 unspecified atom stereocenters. The Balaban J connectivity index is 1.96. The second-order valence-corrected chi connectivity index (χ2v) is 4.96. The minimum Gasteiger partial charge on any atom is -0.306 e. The van der Waals surface area contributed by atoms with Gasteiger partial charge in [-0.2, -0.15) is 0 Å². The normalized spacial score (nSPS) is 23.0. The van der Waals surface area contributed by atoms with Crippen molar-refractivity contribution in [3.05, 3.63) is 23.2 Å². The Bertz CT molecular complexity index is 343. The topological polar surface area (TPSA) is 29.0 Å². The van der Waals surface area contributed by atoms with E-state index in [9.17, 15) is 0 Å². The predicted octanol–water partition coefficient (Wildman–Crippen LogP) is 2.40. The Morgan fingerprint density at radius 3 is 2.94 bits per heavy atom. The maximum absolute atomic E-state index is 6.03. The van der Waals surface area contributed by atoms with Gasteiger partial charge < -0.3 is 4.90 Å². The van der Waals surface area contributed by atoms with Gasteiger partial charge in [0.1, 0.15) is 5.15 Å². The fourth-order valence-electron chi connectivity index (χ4n) is 2.27. The van der Waals surface area contributed by atoms with E-state index in [0.29, 0.717) is 11.1 Å². The molecule has 0 saturated carbocycles. The summed E-state index contributed by atoms with van der Waals surface area (Å²) in [7, 11) is 2.19. The molecule has 0 spiro atoms. The van der Waals surface area contributed by atoms with Crippen molar-refractivity contribution in [1.82, 2.24) is 14.9 Å². The second-order valence-electron chi connectivity index (χ2n) is 4.60. The molecule has 16 heavy (non-hydrogen) atoms. The summed E-state index contributed by atoms with van der Waals surface area (Å²) in [5.74, 6) is 0.708. The molecule has 1 fully saturated rings. The van der Waals surface area contributed by atoms with E-state index in [1.54, 1.807) is 12.4 Å². The van der Waals surface area contributed by atoms with Gasteiger partial charge in [-0.15, -0.1) is 0 Å². The summed E-state index contributed by atoms with van der Waals surface area (Å²) in [5.41, 5.74) is 0.957. The molecule has 1 saturated heterocycles. The lowest BCUT2D eigenvalue weighted by atomic mass is 9.95. The summed E-state index contributed by atoms with van der Waals surface area (Å²) in [6.45, 7) is 2.40. The third kappa shape index (κ3) is 3.16. The standard InChI is InChI=1S/C12H18ClN3/c1-16-7-2-3-10(4-8-16)9-11-12(13)15-6-5-14-11/h5-6,10H,2-4,7-9H2,1H3. The third-order valence-electron chi connectivity index (χ3n) is 3.28. The molecule has 1 aliphatic rings. The zero-order valence-electron chi connectivity index (χ0n) is 9.69. The van der Waals surface area contributed by atoms with E-state index in [1.165, 1.54) is 32.4 Å². The molecule has 2 heterocycles. The minimum atomic E-state index is 0.570. The van der Waals surface area contributed by atoms with Crippen LogP contribution in [0.25, 0.3) is 0 Å². The molecule has 0 radical (unpaired) electrons. The maximum Gasteiger partial charge on any atom is 0.150 e. The van der Waals surface area contributed by atoms with Crippen LogP contribution in [0.2, 0.25) is 5.15 Å². The summed E-state index contributed by atoms with van der Waals surface area (Å²) >= 11 is 6.03. The van der Waals surface area contributed by atoms with Crippen molar-refractivity contribution in [1.29, 1.82) is 0 Å². The number of aromatic nitrogens is 2. The van der Waals surface area contributed by atoms with Crippen molar-refractivity contribution in [3.63, 3.8) is 0 Å². The highest BCUT2D eigenvalue weighted by Gasteiger charge is 2.17. The average Bonchev–Trinajstić information content (AvgIpc) is 2.47. The fraction of sp³-hybridized carbons (Fsp3) is 0.667. The highest BCUT2D eigenvalue weighted by Crippen LogP contribution is 2.22. The van der Waals surface area contributed by atoms with Gasteiger partial charge in [0.15, 0.2) is 0 Å². The van der Waals surface area contributed by atoms with Crippen LogP contribution in [0.15, 0.2) is 12.4 Å². The smallest absolute Gasteiger partial charge is 0.150 e. The van der Waals surface area contributed by atoms with Gasteiger partial charge in [0, 0.05) is 12.4 Å². The van der Waals surface area contributed by atoms with E-state index in [1.807, 2.05) is 0 Å². The zero-order chi connectivity index (χ0) is 11.4. The van der Waals surface area contributed by atoms with E-state index in [2.05, 4.69) is 21.9 Å². The van der Waals surface area contributed by atoms with Crippen LogP contribution in [0.5, 0.6) is 0 Å². The lowest BCUT2D eigenvalue weighted by Gasteiger charge is -2.14. The first-order valence-electron chi connectivity index (χ1n) is 5.89. The molecular formula is C12H18ClN3. The van der Waals surface area contributed by atoms with E-state index in [-0.39, 0.29) is 0 Å². The lowest BCUT2D eigenvalue weighted by molar-refractivity contribution is 0.341. The van der Waals surface area contributed by atoms with Crippen LogP contribution in [0, 0.1) is 5.92 Å². The Morgan fingerprint density at radius 2 is 2.12 bits per heavy atom. The molecule has 1 aromatic heterocycles. The molecule has 1 atom stereocenters. The zero-order valence-corrected chi connectivity index (χ0v) is 10.5. The van der Waals surface area contributed by atoms with Crippen molar-refractivity contribution in [2.45, 2.75) is 25.7 Å². The first-order valence-corrected chi connectivity index (χ1v) is 6.27. The molecule has 4 heteroatoms. The fourth-order valence-corrected chi connectivity index (χ4v) is 2.46. The first kappa shape index (κ1) is 11.8. The SMILES string of the molecule is CN1CCCC(Cc2nccnc2Cl)CC1. The monoisotopic (exact) mass is 239 g/mol. The van der Waals surface area contributed by atoms with Crippen LogP contribution in [0.1, 0.15) is 25.0 Å². The lowest BCUT2D eigenvalue weighted by Crippen LogP contribution is -2.19. The molecule has 1 aromatic rings. The summed E-state index contributed by atoms with van der Waals surface area (Å²) in [6.07, 6.45) is 8.14. The predicted molar refractivity (Wildman–Crippen MR) is 65.6 cm³/mol. The quantitative estimate of drug-likeness (QED) is 0.794. The van der Waals surface area contributed by atoms with Gasteiger partial charge in [0.05, 0.1) is 5.69 Å². The van der Waals surface area contributed by atoms with E-state index < -0.39 is 0 Å². The van der Waals surface area contributed by atoms with Crippen LogP contribution in [0.3, 0.4) is 0 Å². The highest BCUT2D eigenvalue weighted by molar-refractivity contribution is 6.29. The largest absolute Gasteiger partial charge is 0.306 e. The highest BCUT2D eigenvalue weighted by atomic mass is 35.5. The number of halogens is 1. The Morgan fingerprint density at radius 1 is 1.31 bits per heavy atom. The van der Waals surface area contributed by atoms with Crippen LogP contribution >= 0.6 is 11.6 Å². The van der Waals surface area contributed by atoms with Gasteiger partial charge in [0.25, 0.3) is 0 Å². The number of hydrogen-bond acceptors (Lipinski definition) is 3. The van der Waals surface area contributed by atoms with Crippen LogP contribution < -0.4 is 0 Å². The number of nitrogens with zero attached hydrogens (tertiary/aromatic N) is 3. The summed E-state index contributed by atoms with van der Waals surface area (Å²) in [4.78, 5) is 10.8. The van der Waals surface area contributed by atoms with Crippen molar-refractivity contribution in [2.75, 3.05) is 20.1 Å². The summed E-state index contributed by atoms with van der Waals surface area (Å²) in [6, 6.07) is 0. The molecule has 0 aromatic carbocycles. The Labute approximate surface area is 102 Å². The molecule has 0 aliphatic carbocycles. The molecule has 88 valence electrons. The van der Waals surface area contributed by atoms with Gasteiger partial charge in [-0.05, 0) is 51.7 Å². The molecule has 0 N–H and O–H groups in total. The first-order chi connectivity index (χ1) is 7.75. The van der Waals surface area contributed by atoms with Crippen molar-refractivity contribution >= 4 is 11.6 Å². The minimum absolute atomic E-state index is 0.570. The molecule has 0 bridgehead atoms. The van der Waals surface area contributed by atoms with Gasteiger partial charge >= 0.3 is 0 Å². The molecule has 3 nitrogen and oxygen atoms in total. The second kappa shape index (κ2) is 5.60. The van der Waals surface area contributed by atoms with Gasteiger partial charge in [-0.1, -0.05) is 11.6 Å². The Kier molecular flexibility index (Phi) is 4.13. The number of rotatable bonds is 2. The number of hydrogen-bond donors (Lipinski definition) is 0. The van der Waals surface area contributed by atoms with Gasteiger partial charge in [-0.3, -0.25) is 4.98 Å². The van der Waals surface area contributed by atoms with Crippen molar-refractivity contribution in [3.8, 4) is 0 Å². The van der Waals surface area contributed by atoms with Crippen molar-refractivity contribution < 1.29 is 0 Å². The van der Waals surface area contributed by atoms with Crippen LogP contribution in [-0.4, -0.2) is 35.0 Å². The van der Waals surface area contributed by atoms with E-state index >= 15 is 0 Å². The van der Waals surface area contributed by atoms with Crippen LogP contribution in [0.4, 0.5) is 0 Å².